The second kappa shape index (κ2) is 4.71. The van der Waals surface area contributed by atoms with Crippen LogP contribution >= 0.6 is 0 Å². The largest absolute Gasteiger partial charge is 0.389 e. The van der Waals surface area contributed by atoms with Gasteiger partial charge in [-0.3, -0.25) is 4.79 Å². The number of amides is 1. The number of aliphatic hydroxyl groups is 1. The number of piperazine rings is 1. The zero-order valence-corrected chi connectivity index (χ0v) is 10.1. The van der Waals surface area contributed by atoms with Crippen molar-refractivity contribution in [3.05, 3.63) is 23.9 Å². The maximum absolute atomic E-state index is 11.6. The lowest BCUT2D eigenvalue weighted by molar-refractivity contribution is -0.122. The molecule has 0 saturated carbocycles. The third-order valence-corrected chi connectivity index (χ3v) is 3.04. The summed E-state index contributed by atoms with van der Waals surface area (Å²) in [5.74, 6) is 0.697. The molecule has 1 fully saturated rings. The Hall–Kier alpha value is -1.62. The maximum Gasteiger partial charge on any atom is 0.242 e. The van der Waals surface area contributed by atoms with E-state index < -0.39 is 6.10 Å². The zero-order chi connectivity index (χ0) is 12.4. The number of carbonyl (C=O) groups is 1. The number of hydrogen-bond acceptors (Lipinski definition) is 4. The van der Waals surface area contributed by atoms with Crippen molar-refractivity contribution in [3.8, 4) is 0 Å². The van der Waals surface area contributed by atoms with Crippen molar-refractivity contribution >= 4 is 11.7 Å². The highest BCUT2D eigenvalue weighted by Gasteiger charge is 2.28. The normalized spacial score (nSPS) is 22.2. The summed E-state index contributed by atoms with van der Waals surface area (Å²) in [6.45, 7) is 4.87. The minimum atomic E-state index is -0.587. The zero-order valence-electron chi connectivity index (χ0n) is 10.1. The fraction of sp³-hybridized carbons (Fsp3) is 0.500. The van der Waals surface area contributed by atoms with Crippen molar-refractivity contribution in [2.45, 2.75) is 26.0 Å². The van der Waals surface area contributed by atoms with Gasteiger partial charge in [-0.25, -0.2) is 4.98 Å². The fourth-order valence-electron chi connectivity index (χ4n) is 2.05. The minimum absolute atomic E-state index is 0.00144. The Morgan fingerprint density at radius 3 is 3.12 bits per heavy atom. The van der Waals surface area contributed by atoms with Crippen LogP contribution in [-0.2, 0) is 4.79 Å². The Morgan fingerprint density at radius 2 is 2.41 bits per heavy atom. The quantitative estimate of drug-likeness (QED) is 0.781. The predicted octanol–water partition coefficient (Wildman–Crippen LogP) is 0.460. The van der Waals surface area contributed by atoms with Gasteiger partial charge in [0.25, 0.3) is 0 Å². The van der Waals surface area contributed by atoms with Crippen LogP contribution in [0.4, 0.5) is 5.82 Å². The van der Waals surface area contributed by atoms with Crippen LogP contribution in [-0.4, -0.2) is 35.1 Å². The first-order chi connectivity index (χ1) is 8.11. The molecular weight excluding hydrogens is 218 g/mol. The summed E-state index contributed by atoms with van der Waals surface area (Å²) in [5, 5.41) is 12.5. The van der Waals surface area contributed by atoms with E-state index >= 15 is 0 Å². The Bertz CT molecular complexity index is 420. The molecule has 5 nitrogen and oxygen atoms in total. The molecule has 0 aliphatic carbocycles. The first-order valence-corrected chi connectivity index (χ1v) is 5.78. The lowest BCUT2D eigenvalue weighted by Crippen LogP contribution is -2.54. The first-order valence-electron chi connectivity index (χ1n) is 5.78. The smallest absolute Gasteiger partial charge is 0.242 e. The van der Waals surface area contributed by atoms with E-state index in [1.54, 1.807) is 19.2 Å². The Balaban J connectivity index is 2.36. The topological polar surface area (TPSA) is 65.5 Å². The van der Waals surface area contributed by atoms with Crippen molar-refractivity contribution in [1.82, 2.24) is 10.3 Å². The summed E-state index contributed by atoms with van der Waals surface area (Å²) in [6.07, 6.45) is 1.09. The lowest BCUT2D eigenvalue weighted by atomic mass is 10.1. The van der Waals surface area contributed by atoms with Gasteiger partial charge in [0.1, 0.15) is 11.9 Å². The van der Waals surface area contributed by atoms with Gasteiger partial charge in [-0.1, -0.05) is 6.07 Å². The number of nitrogens with one attached hydrogen (secondary N) is 1. The molecule has 1 unspecified atom stereocenters. The Morgan fingerprint density at radius 1 is 1.65 bits per heavy atom. The molecule has 2 heterocycles. The third-order valence-electron chi connectivity index (χ3n) is 3.04. The fourth-order valence-corrected chi connectivity index (χ4v) is 2.05. The maximum atomic E-state index is 11.6. The van der Waals surface area contributed by atoms with Crippen LogP contribution in [0.3, 0.4) is 0 Å². The highest BCUT2D eigenvalue weighted by molar-refractivity contribution is 5.86. The number of aliphatic hydroxyl groups excluding tert-OH is 1. The molecule has 0 bridgehead atoms. The number of aromatic nitrogens is 1. The molecule has 1 amide bonds. The molecule has 1 aliphatic heterocycles. The van der Waals surface area contributed by atoms with E-state index in [9.17, 15) is 9.90 Å². The van der Waals surface area contributed by atoms with E-state index in [-0.39, 0.29) is 11.9 Å². The van der Waals surface area contributed by atoms with Crippen molar-refractivity contribution in [1.29, 1.82) is 0 Å². The summed E-state index contributed by atoms with van der Waals surface area (Å²) in [7, 11) is 0. The number of carbonyl (C=O) groups excluding carboxylic acids is 1. The van der Waals surface area contributed by atoms with Crippen LogP contribution in [0, 0.1) is 0 Å². The molecule has 2 rings (SSSR count). The lowest BCUT2D eigenvalue weighted by Gasteiger charge is -2.35. The molecule has 2 N–H and O–H groups in total. The predicted molar refractivity (Wildman–Crippen MR) is 64.7 cm³/mol. The van der Waals surface area contributed by atoms with E-state index in [1.165, 1.54) is 0 Å². The van der Waals surface area contributed by atoms with Crippen molar-refractivity contribution in [2.24, 2.45) is 0 Å². The van der Waals surface area contributed by atoms with Gasteiger partial charge in [0.15, 0.2) is 0 Å². The molecular formula is C12H17N3O2. The highest BCUT2D eigenvalue weighted by atomic mass is 16.3. The van der Waals surface area contributed by atoms with Gasteiger partial charge in [0.05, 0.1) is 6.10 Å². The van der Waals surface area contributed by atoms with Gasteiger partial charge >= 0.3 is 0 Å². The van der Waals surface area contributed by atoms with E-state index in [4.69, 9.17) is 0 Å². The van der Waals surface area contributed by atoms with Crippen molar-refractivity contribution in [3.63, 3.8) is 0 Å². The van der Waals surface area contributed by atoms with Crippen LogP contribution in [0.25, 0.3) is 0 Å². The second-order valence-corrected chi connectivity index (χ2v) is 4.25. The van der Waals surface area contributed by atoms with Crippen LogP contribution in [0.2, 0.25) is 0 Å². The van der Waals surface area contributed by atoms with Gasteiger partial charge in [0.2, 0.25) is 5.91 Å². The van der Waals surface area contributed by atoms with Gasteiger partial charge < -0.3 is 15.3 Å². The number of hydrogen-bond donors (Lipinski definition) is 2. The van der Waals surface area contributed by atoms with E-state index in [2.05, 4.69) is 10.3 Å². The summed E-state index contributed by atoms with van der Waals surface area (Å²) >= 11 is 0. The summed E-state index contributed by atoms with van der Waals surface area (Å²) in [6, 6.07) is 3.38. The number of anilines is 1. The molecule has 17 heavy (non-hydrogen) atoms. The summed E-state index contributed by atoms with van der Waals surface area (Å²) in [5.41, 5.74) is 0.758. The number of pyridine rings is 1. The van der Waals surface area contributed by atoms with Crippen LogP contribution in [0.1, 0.15) is 25.5 Å². The number of rotatable bonds is 2. The van der Waals surface area contributed by atoms with Crippen LogP contribution < -0.4 is 10.2 Å². The van der Waals surface area contributed by atoms with E-state index in [0.29, 0.717) is 18.9 Å². The highest BCUT2D eigenvalue weighted by Crippen LogP contribution is 2.25. The average Bonchev–Trinajstić information content (AvgIpc) is 2.33. The van der Waals surface area contributed by atoms with E-state index in [1.807, 2.05) is 17.9 Å². The molecule has 0 aromatic carbocycles. The molecule has 2 atom stereocenters. The molecule has 5 heteroatoms. The minimum Gasteiger partial charge on any atom is -0.389 e. The summed E-state index contributed by atoms with van der Waals surface area (Å²) in [4.78, 5) is 17.8. The standard InChI is InChI=1S/C12H17N3O2/c1-8-12(17)14-6-7-15(8)11-10(9(2)16)4-3-5-13-11/h3-5,8-9,16H,6-7H2,1-2H3,(H,14,17)/t8?,9-/m1/s1. The Kier molecular flexibility index (Phi) is 3.28. The molecule has 92 valence electrons. The third kappa shape index (κ3) is 2.24. The molecule has 1 aromatic rings. The van der Waals surface area contributed by atoms with Gasteiger partial charge in [-0.05, 0) is 19.9 Å². The number of nitrogens with zero attached hydrogens (tertiary/aromatic N) is 2. The molecule has 0 spiro atoms. The van der Waals surface area contributed by atoms with Crippen LogP contribution in [0.5, 0.6) is 0 Å². The molecule has 1 aliphatic rings. The van der Waals surface area contributed by atoms with Gasteiger partial charge in [-0.15, -0.1) is 0 Å². The first kappa shape index (κ1) is 11.9. The van der Waals surface area contributed by atoms with E-state index in [0.717, 1.165) is 5.56 Å². The molecule has 0 radical (unpaired) electrons. The van der Waals surface area contributed by atoms with Crippen molar-refractivity contribution < 1.29 is 9.90 Å². The molecule has 1 aromatic heterocycles. The Labute approximate surface area is 100 Å². The van der Waals surface area contributed by atoms with Crippen molar-refractivity contribution in [2.75, 3.05) is 18.0 Å². The monoisotopic (exact) mass is 235 g/mol. The summed E-state index contributed by atoms with van der Waals surface area (Å²) < 4.78 is 0. The van der Waals surface area contributed by atoms with Gasteiger partial charge in [0, 0.05) is 24.8 Å². The second-order valence-electron chi connectivity index (χ2n) is 4.25. The average molecular weight is 235 g/mol. The van der Waals surface area contributed by atoms with Crippen LogP contribution in [0.15, 0.2) is 18.3 Å². The molecule has 1 saturated heterocycles. The SMILES string of the molecule is CC1C(=O)NCCN1c1ncccc1[C@@H](C)O. The van der Waals surface area contributed by atoms with Gasteiger partial charge in [-0.2, -0.15) is 0 Å².